The van der Waals surface area contributed by atoms with Crippen LogP contribution in [-0.2, 0) is 11.2 Å². The van der Waals surface area contributed by atoms with E-state index in [1.54, 1.807) is 7.11 Å². The second kappa shape index (κ2) is 5.52. The Labute approximate surface area is 103 Å². The number of rotatable bonds is 3. The lowest BCUT2D eigenvalue weighted by Gasteiger charge is -2.27. The van der Waals surface area contributed by atoms with Gasteiger partial charge in [0.1, 0.15) is 5.75 Å². The van der Waals surface area contributed by atoms with Crippen LogP contribution in [0.3, 0.4) is 0 Å². The lowest BCUT2D eigenvalue weighted by molar-refractivity contribution is 0.0796. The van der Waals surface area contributed by atoms with Gasteiger partial charge in [0.05, 0.1) is 20.3 Å². The fourth-order valence-corrected chi connectivity index (χ4v) is 2.29. The van der Waals surface area contributed by atoms with Gasteiger partial charge < -0.3 is 14.8 Å². The molecule has 94 valence electrons. The largest absolute Gasteiger partial charge is 0.497 e. The molecule has 3 heteroatoms. The molecule has 17 heavy (non-hydrogen) atoms. The number of methoxy groups -OCH3 is 1. The third-order valence-electron chi connectivity index (χ3n) is 3.19. The first-order valence-corrected chi connectivity index (χ1v) is 6.13. The number of hydrogen-bond donors (Lipinski definition) is 1. The summed E-state index contributed by atoms with van der Waals surface area (Å²) < 4.78 is 10.9. The van der Waals surface area contributed by atoms with E-state index in [4.69, 9.17) is 9.47 Å². The van der Waals surface area contributed by atoms with Crippen LogP contribution in [-0.4, -0.2) is 33.4 Å². The molecule has 3 nitrogen and oxygen atoms in total. The van der Waals surface area contributed by atoms with E-state index >= 15 is 0 Å². The molecule has 1 aliphatic heterocycles. The molecule has 1 aromatic rings. The first-order valence-electron chi connectivity index (χ1n) is 6.13. The molecule has 0 saturated carbocycles. The quantitative estimate of drug-likeness (QED) is 0.867. The number of hydrogen-bond acceptors (Lipinski definition) is 3. The maximum absolute atomic E-state index is 5.65. The van der Waals surface area contributed by atoms with Crippen molar-refractivity contribution in [3.63, 3.8) is 0 Å². The first-order chi connectivity index (χ1) is 8.22. The van der Waals surface area contributed by atoms with Crippen molar-refractivity contribution < 1.29 is 9.47 Å². The molecule has 0 aliphatic carbocycles. The van der Waals surface area contributed by atoms with Gasteiger partial charge in [-0.25, -0.2) is 0 Å². The molecule has 0 bridgehead atoms. The summed E-state index contributed by atoms with van der Waals surface area (Å²) in [7, 11) is 1.71. The highest BCUT2D eigenvalue weighted by Gasteiger charge is 2.26. The zero-order valence-corrected chi connectivity index (χ0v) is 10.7. The maximum Gasteiger partial charge on any atom is 0.119 e. The van der Waals surface area contributed by atoms with Gasteiger partial charge in [-0.3, -0.25) is 0 Å². The molecule has 0 spiro atoms. The van der Waals surface area contributed by atoms with Crippen LogP contribution in [0.5, 0.6) is 5.75 Å². The van der Waals surface area contributed by atoms with Crippen molar-refractivity contribution in [1.82, 2.24) is 5.32 Å². The molecule has 1 unspecified atom stereocenters. The van der Waals surface area contributed by atoms with Gasteiger partial charge in [0.15, 0.2) is 0 Å². The Balaban J connectivity index is 2.07. The summed E-state index contributed by atoms with van der Waals surface area (Å²) in [6, 6.07) is 8.28. The van der Waals surface area contributed by atoms with Gasteiger partial charge in [0.25, 0.3) is 0 Å². The van der Waals surface area contributed by atoms with Crippen LogP contribution in [0.4, 0.5) is 0 Å². The van der Waals surface area contributed by atoms with E-state index in [1.165, 1.54) is 5.56 Å². The molecule has 1 fully saturated rings. The lowest BCUT2D eigenvalue weighted by Crippen LogP contribution is -2.34. The predicted octanol–water partition coefficient (Wildman–Crippen LogP) is 1.86. The minimum absolute atomic E-state index is 0.170. The van der Waals surface area contributed by atoms with Crippen molar-refractivity contribution in [3.8, 4) is 5.75 Å². The normalized spacial score (nSPS) is 25.3. The van der Waals surface area contributed by atoms with E-state index in [9.17, 15) is 0 Å². The zero-order valence-electron chi connectivity index (χ0n) is 10.7. The monoisotopic (exact) mass is 235 g/mol. The summed E-state index contributed by atoms with van der Waals surface area (Å²) in [6.45, 7) is 5.85. The number of nitrogens with one attached hydrogen (secondary N) is 1. The third-order valence-corrected chi connectivity index (χ3v) is 3.19. The molecule has 0 amide bonds. The fourth-order valence-electron chi connectivity index (χ4n) is 2.29. The molecule has 1 N–H and O–H groups in total. The Morgan fingerprint density at radius 1 is 1.47 bits per heavy atom. The van der Waals surface area contributed by atoms with Crippen molar-refractivity contribution in [3.05, 3.63) is 29.8 Å². The third kappa shape index (κ3) is 3.45. The molecule has 1 atom stereocenters. The van der Waals surface area contributed by atoms with Crippen molar-refractivity contribution in [2.75, 3.05) is 33.4 Å². The van der Waals surface area contributed by atoms with Gasteiger partial charge in [-0.15, -0.1) is 0 Å². The smallest absolute Gasteiger partial charge is 0.119 e. The lowest BCUT2D eigenvalue weighted by atomic mass is 9.84. The van der Waals surface area contributed by atoms with Crippen molar-refractivity contribution >= 4 is 0 Å². The van der Waals surface area contributed by atoms with E-state index in [1.807, 2.05) is 12.1 Å². The summed E-state index contributed by atoms with van der Waals surface area (Å²) in [4.78, 5) is 0. The van der Waals surface area contributed by atoms with Crippen LogP contribution in [0.25, 0.3) is 0 Å². The summed E-state index contributed by atoms with van der Waals surface area (Å²) >= 11 is 0. The average Bonchev–Trinajstić information content (AvgIpc) is 2.54. The highest BCUT2D eigenvalue weighted by molar-refractivity contribution is 5.29. The van der Waals surface area contributed by atoms with E-state index in [0.717, 1.165) is 38.5 Å². The molecular formula is C14H21NO2. The molecule has 2 rings (SSSR count). The van der Waals surface area contributed by atoms with E-state index in [0.29, 0.717) is 0 Å². The van der Waals surface area contributed by atoms with Gasteiger partial charge in [0, 0.05) is 18.5 Å². The molecule has 1 heterocycles. The Morgan fingerprint density at radius 2 is 2.35 bits per heavy atom. The second-order valence-corrected chi connectivity index (χ2v) is 5.07. The van der Waals surface area contributed by atoms with Crippen LogP contribution >= 0.6 is 0 Å². The van der Waals surface area contributed by atoms with Gasteiger partial charge >= 0.3 is 0 Å². The summed E-state index contributed by atoms with van der Waals surface area (Å²) in [5.74, 6) is 0.925. The Bertz CT molecular complexity index is 357. The fraction of sp³-hybridized carbons (Fsp3) is 0.571. The van der Waals surface area contributed by atoms with Crippen molar-refractivity contribution in [2.24, 2.45) is 5.41 Å². The number of benzene rings is 1. The predicted molar refractivity (Wildman–Crippen MR) is 68.5 cm³/mol. The summed E-state index contributed by atoms with van der Waals surface area (Å²) in [6.07, 6.45) is 1.01. The topological polar surface area (TPSA) is 30.5 Å². The SMILES string of the molecule is COc1cccc(CC2(C)CNCCOC2)c1. The van der Waals surface area contributed by atoms with Gasteiger partial charge in [-0.1, -0.05) is 19.1 Å². The van der Waals surface area contributed by atoms with Crippen molar-refractivity contribution in [2.45, 2.75) is 13.3 Å². The molecule has 0 aromatic heterocycles. The molecular weight excluding hydrogens is 214 g/mol. The van der Waals surface area contributed by atoms with Crippen LogP contribution in [0.2, 0.25) is 0 Å². The Kier molecular flexibility index (Phi) is 4.02. The second-order valence-electron chi connectivity index (χ2n) is 5.07. The standard InChI is InChI=1S/C14H21NO2/c1-14(10-15-6-7-17-11-14)9-12-4-3-5-13(8-12)16-2/h3-5,8,15H,6-7,9-11H2,1-2H3. The average molecular weight is 235 g/mol. The highest BCUT2D eigenvalue weighted by atomic mass is 16.5. The van der Waals surface area contributed by atoms with Gasteiger partial charge in [-0.2, -0.15) is 0 Å². The van der Waals surface area contributed by atoms with Gasteiger partial charge in [0.2, 0.25) is 0 Å². The molecule has 1 saturated heterocycles. The molecule has 0 radical (unpaired) electrons. The first kappa shape index (κ1) is 12.4. The molecule has 1 aliphatic rings. The maximum atomic E-state index is 5.65. The Morgan fingerprint density at radius 3 is 3.18 bits per heavy atom. The van der Waals surface area contributed by atoms with Gasteiger partial charge in [-0.05, 0) is 24.1 Å². The van der Waals surface area contributed by atoms with Crippen LogP contribution in [0, 0.1) is 5.41 Å². The minimum Gasteiger partial charge on any atom is -0.497 e. The van der Waals surface area contributed by atoms with E-state index < -0.39 is 0 Å². The van der Waals surface area contributed by atoms with Crippen LogP contribution in [0.1, 0.15) is 12.5 Å². The van der Waals surface area contributed by atoms with E-state index in [2.05, 4.69) is 24.4 Å². The Hall–Kier alpha value is -1.06. The minimum atomic E-state index is 0.170. The van der Waals surface area contributed by atoms with Crippen LogP contribution in [0.15, 0.2) is 24.3 Å². The van der Waals surface area contributed by atoms with Crippen molar-refractivity contribution in [1.29, 1.82) is 0 Å². The molecule has 1 aromatic carbocycles. The summed E-state index contributed by atoms with van der Waals surface area (Å²) in [5.41, 5.74) is 1.47. The summed E-state index contributed by atoms with van der Waals surface area (Å²) in [5, 5.41) is 3.43. The zero-order chi connectivity index (χ0) is 12.1. The van der Waals surface area contributed by atoms with Crippen LogP contribution < -0.4 is 10.1 Å². The number of ether oxygens (including phenoxy) is 2. The highest BCUT2D eigenvalue weighted by Crippen LogP contribution is 2.25. The van der Waals surface area contributed by atoms with E-state index in [-0.39, 0.29) is 5.41 Å².